The zero-order valence-electron chi connectivity index (χ0n) is 41.0. The molecule has 9 aliphatic carbocycles. The molecular weight excluding hydrogens is 697 g/mol. The van der Waals surface area contributed by atoms with Gasteiger partial charge in [0.1, 0.15) is 0 Å². The molecule has 0 aromatic rings. The van der Waals surface area contributed by atoms with Gasteiger partial charge < -0.3 is 0 Å². The van der Waals surface area contributed by atoms with E-state index in [1.54, 1.807) is 0 Å². The Morgan fingerprint density at radius 2 is 0.0517 bits per heavy atom. The predicted molar refractivity (Wildman–Crippen MR) is 268 cm³/mol. The van der Waals surface area contributed by atoms with Crippen molar-refractivity contribution in [3.05, 3.63) is 0 Å². The van der Waals surface area contributed by atoms with E-state index < -0.39 is 0 Å². The largest absolute Gasteiger partial charge is 0.0533 e. The number of rotatable bonds is 0. The highest BCUT2D eigenvalue weighted by atomic mass is 14.1. The number of hydrogen-bond acceptors (Lipinski definition) is 0. The zero-order chi connectivity index (χ0) is 41.0. The maximum absolute atomic E-state index is 1.50. The lowest BCUT2D eigenvalue weighted by Crippen LogP contribution is -1.85. The van der Waals surface area contributed by atoms with E-state index in [1.807, 2.05) is 0 Å². The van der Waals surface area contributed by atoms with Gasteiger partial charge in [0.25, 0.3) is 0 Å². The van der Waals surface area contributed by atoms with Crippen molar-refractivity contribution < 1.29 is 0 Å². The van der Waals surface area contributed by atoms with Crippen LogP contribution in [0.3, 0.4) is 0 Å². The molecular formula is C58H116. The fourth-order valence-electron chi connectivity index (χ4n) is 7.97. The van der Waals surface area contributed by atoms with Gasteiger partial charge in [-0.05, 0) is 0 Å². The molecule has 0 bridgehead atoms. The molecule has 348 valence electrons. The Balaban J connectivity index is 0.000000345. The fourth-order valence-corrected chi connectivity index (χ4v) is 7.97. The van der Waals surface area contributed by atoms with Crippen molar-refractivity contribution in [3.8, 4) is 0 Å². The molecule has 58 heavy (non-hydrogen) atoms. The summed E-state index contributed by atoms with van der Waals surface area (Å²) < 4.78 is 0. The molecule has 0 radical (unpaired) electrons. The second-order valence-corrected chi connectivity index (χ2v) is 20.5. The monoisotopic (exact) mass is 813 g/mol. The molecule has 0 aliphatic heterocycles. The van der Waals surface area contributed by atoms with Crippen LogP contribution in [0.25, 0.3) is 0 Å². The molecule has 9 aliphatic rings. The van der Waals surface area contributed by atoms with Gasteiger partial charge in [-0.1, -0.05) is 372 Å². The third-order valence-corrected chi connectivity index (χ3v) is 14.5. The first-order valence-electron chi connectivity index (χ1n) is 29.0. The van der Waals surface area contributed by atoms with Crippen molar-refractivity contribution in [2.24, 2.45) is 0 Å². The van der Waals surface area contributed by atoms with Gasteiger partial charge in [0.2, 0.25) is 0 Å². The minimum absolute atomic E-state index is 1.50. The topological polar surface area (TPSA) is 0 Å². The SMILES string of the molecule is C1CCC1.C1CCC1.C1CCC1.C1CCC1.C1CCC1.C1CCCCC1.C1CCCCC1.C1CCCCCCCCC1.C1CCCCCCCCCCCCCCC1. The summed E-state index contributed by atoms with van der Waals surface area (Å²) in [6, 6.07) is 0. The summed E-state index contributed by atoms with van der Waals surface area (Å²) in [5, 5.41) is 0. The van der Waals surface area contributed by atoms with E-state index in [1.165, 1.54) is 372 Å². The predicted octanol–water partition coefficient (Wildman–Crippen LogP) is 22.6. The lowest BCUT2D eigenvalue weighted by atomic mass is 10.0. The molecule has 0 aromatic heterocycles. The molecule has 9 fully saturated rings. The third-order valence-electron chi connectivity index (χ3n) is 14.5. The van der Waals surface area contributed by atoms with E-state index >= 15 is 0 Å². The Morgan fingerprint density at radius 3 is 0.0690 bits per heavy atom. The molecule has 0 saturated heterocycles. The van der Waals surface area contributed by atoms with Crippen LogP contribution >= 0.6 is 0 Å². The van der Waals surface area contributed by atoms with Gasteiger partial charge >= 0.3 is 0 Å². The molecule has 9 saturated carbocycles. The Bertz CT molecular complexity index is 453. The van der Waals surface area contributed by atoms with Crippen LogP contribution in [0, 0.1) is 0 Å². The lowest BCUT2D eigenvalue weighted by molar-refractivity contribution is 0.504. The average molecular weight is 814 g/mol. The van der Waals surface area contributed by atoms with Crippen LogP contribution in [0.1, 0.15) is 372 Å². The lowest BCUT2D eigenvalue weighted by Gasteiger charge is -2.05. The van der Waals surface area contributed by atoms with Gasteiger partial charge in [-0.15, -0.1) is 0 Å². The van der Waals surface area contributed by atoms with Crippen LogP contribution in [0.2, 0.25) is 0 Å². The van der Waals surface area contributed by atoms with Crippen LogP contribution < -0.4 is 0 Å². The van der Waals surface area contributed by atoms with Crippen molar-refractivity contribution in [3.63, 3.8) is 0 Å². The molecule has 0 N–H and O–H groups in total. The van der Waals surface area contributed by atoms with E-state index in [-0.39, 0.29) is 0 Å². The van der Waals surface area contributed by atoms with Crippen LogP contribution in [-0.2, 0) is 0 Å². The van der Waals surface area contributed by atoms with Crippen molar-refractivity contribution in [2.75, 3.05) is 0 Å². The van der Waals surface area contributed by atoms with Gasteiger partial charge in [-0.3, -0.25) is 0 Å². The van der Waals surface area contributed by atoms with Crippen molar-refractivity contribution in [2.45, 2.75) is 372 Å². The fraction of sp³-hybridized carbons (Fsp3) is 1.00. The Labute approximate surface area is 371 Å². The maximum Gasteiger partial charge on any atom is -0.0533 e. The van der Waals surface area contributed by atoms with Crippen LogP contribution in [-0.4, -0.2) is 0 Å². The summed E-state index contributed by atoms with van der Waals surface area (Å²) in [4.78, 5) is 0. The molecule has 0 atom stereocenters. The molecule has 0 amide bonds. The molecule has 9 rings (SSSR count). The highest BCUT2D eigenvalue weighted by Crippen LogP contribution is 2.20. The summed E-state index contributed by atoms with van der Waals surface area (Å²) >= 11 is 0. The Hall–Kier alpha value is 0. The van der Waals surface area contributed by atoms with Gasteiger partial charge in [-0.25, -0.2) is 0 Å². The third kappa shape index (κ3) is 50.4. The van der Waals surface area contributed by atoms with E-state index in [2.05, 4.69) is 0 Å². The van der Waals surface area contributed by atoms with E-state index in [0.717, 1.165) is 0 Å². The molecule has 0 unspecified atom stereocenters. The first-order chi connectivity index (χ1) is 29.0. The smallest absolute Gasteiger partial charge is 0.0533 e. The molecule has 0 heterocycles. The van der Waals surface area contributed by atoms with Gasteiger partial charge in [0, 0.05) is 0 Å². The summed E-state index contributed by atoms with van der Waals surface area (Å²) in [6.07, 6.45) is 87.0. The molecule has 0 aromatic carbocycles. The summed E-state index contributed by atoms with van der Waals surface area (Å²) in [5.41, 5.74) is 0. The quantitative estimate of drug-likeness (QED) is 0.229. The van der Waals surface area contributed by atoms with Gasteiger partial charge in [-0.2, -0.15) is 0 Å². The summed E-state index contributed by atoms with van der Waals surface area (Å²) in [5.74, 6) is 0. The van der Waals surface area contributed by atoms with E-state index in [9.17, 15) is 0 Å². The zero-order valence-corrected chi connectivity index (χ0v) is 41.0. The van der Waals surface area contributed by atoms with Gasteiger partial charge in [0.05, 0.1) is 0 Å². The molecule has 0 nitrogen and oxygen atoms in total. The van der Waals surface area contributed by atoms with Crippen LogP contribution in [0.15, 0.2) is 0 Å². The molecule has 0 heteroatoms. The minimum Gasteiger partial charge on any atom is -0.0533 e. The van der Waals surface area contributed by atoms with E-state index in [0.29, 0.717) is 0 Å². The highest BCUT2D eigenvalue weighted by Gasteiger charge is 2.00. The van der Waals surface area contributed by atoms with E-state index in [4.69, 9.17) is 0 Å². The first kappa shape index (κ1) is 56.0. The van der Waals surface area contributed by atoms with Gasteiger partial charge in [0.15, 0.2) is 0 Å². The number of hydrogen-bond donors (Lipinski definition) is 0. The second kappa shape index (κ2) is 53.1. The Morgan fingerprint density at radius 1 is 0.0345 bits per heavy atom. The average Bonchev–Trinajstić information content (AvgIpc) is 3.13. The van der Waals surface area contributed by atoms with Crippen LogP contribution in [0.5, 0.6) is 0 Å². The Kier molecular flexibility index (Phi) is 51.3. The summed E-state index contributed by atoms with van der Waals surface area (Å²) in [6.45, 7) is 0. The van der Waals surface area contributed by atoms with Crippen molar-refractivity contribution >= 4 is 0 Å². The highest BCUT2D eigenvalue weighted by molar-refractivity contribution is 4.56. The standard InChI is InChI=1S/C16H32.C10H20.2C6H12.5C4H8/c1-2-4-6-8-10-12-14-16-15-13-11-9-7-5-3-1;1-2-4-6-8-10-9-7-5-3-1;2*1-2-4-6-5-3-1;5*1-2-4-3-1/h1-16H2;1-10H2;2*1-6H2;5*1-4H2. The minimum atomic E-state index is 1.50. The first-order valence-corrected chi connectivity index (χ1v) is 29.0. The summed E-state index contributed by atoms with van der Waals surface area (Å²) in [7, 11) is 0. The second-order valence-electron chi connectivity index (χ2n) is 20.5. The molecule has 0 spiro atoms. The maximum atomic E-state index is 1.50. The van der Waals surface area contributed by atoms with Crippen molar-refractivity contribution in [1.29, 1.82) is 0 Å². The van der Waals surface area contributed by atoms with Crippen molar-refractivity contribution in [1.82, 2.24) is 0 Å². The normalized spacial score (nSPS) is 24.0. The van der Waals surface area contributed by atoms with Crippen LogP contribution in [0.4, 0.5) is 0 Å².